The first-order valence-electron chi connectivity index (χ1n) is 7.57. The van der Waals surface area contributed by atoms with Crippen LogP contribution in [0, 0.1) is 5.82 Å². The highest BCUT2D eigenvalue weighted by Crippen LogP contribution is 2.04. The molecule has 2 aromatic rings. The Morgan fingerprint density at radius 1 is 1.26 bits per heavy atom. The minimum atomic E-state index is -0.250. The number of guanidine groups is 1. The van der Waals surface area contributed by atoms with Gasteiger partial charge >= 0.3 is 0 Å². The zero-order valence-electron chi connectivity index (χ0n) is 13.3. The molecule has 1 aromatic carbocycles. The van der Waals surface area contributed by atoms with Gasteiger partial charge in [-0.05, 0) is 36.8 Å². The number of rotatable bonds is 7. The molecule has 5 heteroatoms. The molecule has 0 aliphatic carbocycles. The minimum absolute atomic E-state index is 0.250. The molecule has 0 spiro atoms. The van der Waals surface area contributed by atoms with E-state index in [1.165, 1.54) is 12.1 Å². The van der Waals surface area contributed by atoms with Crippen LogP contribution in [0.3, 0.4) is 0 Å². The summed E-state index contributed by atoms with van der Waals surface area (Å²) in [5.74, 6) is 1.34. The number of benzene rings is 1. The number of hydrogen-bond donors (Lipinski definition) is 2. The average molecular weight is 315 g/mol. The molecule has 23 heavy (non-hydrogen) atoms. The van der Waals surface area contributed by atoms with Crippen LogP contribution in [0.1, 0.15) is 18.2 Å². The first-order chi connectivity index (χ1) is 11.1. The van der Waals surface area contributed by atoms with E-state index in [-0.39, 0.29) is 5.82 Å². The monoisotopic (exact) mass is 315 g/mol. The van der Waals surface area contributed by atoms with E-state index in [0.29, 0.717) is 25.6 Å². The van der Waals surface area contributed by atoms with Crippen molar-refractivity contribution in [3.8, 4) is 0 Å². The lowest BCUT2D eigenvalue weighted by atomic mass is 10.2. The van der Waals surface area contributed by atoms with E-state index < -0.39 is 0 Å². The van der Waals surface area contributed by atoms with Crippen LogP contribution in [0.5, 0.6) is 0 Å². The highest BCUT2D eigenvalue weighted by atomic mass is 19.1. The molecule has 0 saturated carbocycles. The van der Waals surface area contributed by atoms with Crippen molar-refractivity contribution in [2.24, 2.45) is 4.99 Å². The number of halogens is 1. The van der Waals surface area contributed by atoms with Gasteiger partial charge in [0.2, 0.25) is 0 Å². The zero-order valence-corrected chi connectivity index (χ0v) is 13.3. The quantitative estimate of drug-likeness (QED) is 0.468. The predicted octanol–water partition coefficient (Wildman–Crippen LogP) is 3.27. The van der Waals surface area contributed by atoms with Gasteiger partial charge in [0.15, 0.2) is 5.96 Å². The average Bonchev–Trinajstić information content (AvgIpc) is 3.02. The number of nitrogens with one attached hydrogen (secondary N) is 2. The lowest BCUT2D eigenvalue weighted by Crippen LogP contribution is -2.39. The maximum atomic E-state index is 13.2. The van der Waals surface area contributed by atoms with E-state index >= 15 is 0 Å². The van der Waals surface area contributed by atoms with Crippen molar-refractivity contribution < 1.29 is 8.81 Å². The lowest BCUT2D eigenvalue weighted by Gasteiger charge is -2.12. The molecule has 0 saturated heterocycles. The Morgan fingerprint density at radius 3 is 2.83 bits per heavy atom. The van der Waals surface area contributed by atoms with Crippen LogP contribution >= 0.6 is 0 Å². The van der Waals surface area contributed by atoms with Gasteiger partial charge in [-0.1, -0.05) is 24.3 Å². The van der Waals surface area contributed by atoms with Crippen molar-refractivity contribution in [3.05, 3.63) is 72.0 Å². The molecule has 4 nitrogen and oxygen atoms in total. The molecule has 0 radical (unpaired) electrons. The smallest absolute Gasteiger partial charge is 0.191 e. The number of hydrogen-bond acceptors (Lipinski definition) is 2. The van der Waals surface area contributed by atoms with Gasteiger partial charge in [0.25, 0.3) is 0 Å². The summed E-state index contributed by atoms with van der Waals surface area (Å²) in [4.78, 5) is 4.48. The summed E-state index contributed by atoms with van der Waals surface area (Å²) in [6.45, 7) is 7.55. The van der Waals surface area contributed by atoms with Crippen LogP contribution in [0.2, 0.25) is 0 Å². The van der Waals surface area contributed by atoms with E-state index in [2.05, 4.69) is 22.2 Å². The molecule has 0 amide bonds. The van der Waals surface area contributed by atoms with Crippen LogP contribution < -0.4 is 10.6 Å². The summed E-state index contributed by atoms with van der Waals surface area (Å²) in [7, 11) is 0. The molecule has 122 valence electrons. The van der Waals surface area contributed by atoms with E-state index in [1.807, 2.05) is 25.1 Å². The fraction of sp³-hybridized carbons (Fsp3) is 0.278. The summed E-state index contributed by atoms with van der Waals surface area (Å²) < 4.78 is 18.5. The minimum Gasteiger partial charge on any atom is -0.469 e. The molecule has 0 aliphatic rings. The molecule has 0 unspecified atom stereocenters. The Balaban J connectivity index is 1.91. The SMILES string of the molecule is C=C(C)CNC(=NCc1cccc(F)c1)NCCc1ccco1. The molecule has 0 fully saturated rings. The van der Waals surface area contributed by atoms with Crippen LogP contribution in [-0.4, -0.2) is 19.0 Å². The van der Waals surface area contributed by atoms with Crippen molar-refractivity contribution >= 4 is 5.96 Å². The van der Waals surface area contributed by atoms with E-state index in [0.717, 1.165) is 23.3 Å². The second kappa shape index (κ2) is 8.78. The highest BCUT2D eigenvalue weighted by molar-refractivity contribution is 5.80. The fourth-order valence-corrected chi connectivity index (χ4v) is 1.97. The molecule has 0 aliphatic heterocycles. The largest absolute Gasteiger partial charge is 0.469 e. The number of furan rings is 1. The predicted molar refractivity (Wildman–Crippen MR) is 90.8 cm³/mol. The summed E-state index contributed by atoms with van der Waals surface area (Å²) in [5, 5.41) is 6.44. The van der Waals surface area contributed by atoms with E-state index in [1.54, 1.807) is 12.3 Å². The van der Waals surface area contributed by atoms with Crippen LogP contribution in [0.4, 0.5) is 4.39 Å². The summed E-state index contributed by atoms with van der Waals surface area (Å²) >= 11 is 0. The van der Waals surface area contributed by atoms with Crippen molar-refractivity contribution in [1.29, 1.82) is 0 Å². The maximum Gasteiger partial charge on any atom is 0.191 e. The molecule has 0 bridgehead atoms. The van der Waals surface area contributed by atoms with Gasteiger partial charge < -0.3 is 15.1 Å². The zero-order chi connectivity index (χ0) is 16.5. The van der Waals surface area contributed by atoms with E-state index in [9.17, 15) is 4.39 Å². The fourth-order valence-electron chi connectivity index (χ4n) is 1.97. The Hall–Kier alpha value is -2.56. The summed E-state index contributed by atoms with van der Waals surface area (Å²) in [5.41, 5.74) is 1.84. The van der Waals surface area contributed by atoms with Crippen molar-refractivity contribution in [1.82, 2.24) is 10.6 Å². The van der Waals surface area contributed by atoms with Gasteiger partial charge in [0, 0.05) is 19.5 Å². The number of nitrogens with zero attached hydrogens (tertiary/aromatic N) is 1. The van der Waals surface area contributed by atoms with E-state index in [4.69, 9.17) is 4.42 Å². The van der Waals surface area contributed by atoms with Gasteiger partial charge in [-0.2, -0.15) is 0 Å². The van der Waals surface area contributed by atoms with Gasteiger partial charge in [-0.15, -0.1) is 0 Å². The third-order valence-electron chi connectivity index (χ3n) is 3.11. The lowest BCUT2D eigenvalue weighted by molar-refractivity contribution is 0.507. The highest BCUT2D eigenvalue weighted by Gasteiger charge is 2.01. The Bertz CT molecular complexity index is 650. The van der Waals surface area contributed by atoms with Crippen LogP contribution in [0.25, 0.3) is 0 Å². The molecular weight excluding hydrogens is 293 g/mol. The summed E-state index contributed by atoms with van der Waals surface area (Å²) in [6.07, 6.45) is 2.42. The first kappa shape index (κ1) is 16.8. The molecular formula is C18H22FN3O. The second-order valence-electron chi connectivity index (χ2n) is 5.36. The third-order valence-corrected chi connectivity index (χ3v) is 3.11. The Kier molecular flexibility index (Phi) is 6.41. The molecule has 1 aromatic heterocycles. The van der Waals surface area contributed by atoms with Gasteiger partial charge in [-0.3, -0.25) is 0 Å². The Labute approximate surface area is 136 Å². The topological polar surface area (TPSA) is 49.6 Å². The molecule has 2 rings (SSSR count). The van der Waals surface area contributed by atoms with Crippen molar-refractivity contribution in [2.75, 3.05) is 13.1 Å². The number of aliphatic imine (C=N–C) groups is 1. The maximum absolute atomic E-state index is 13.2. The normalized spacial score (nSPS) is 11.3. The van der Waals surface area contributed by atoms with Gasteiger partial charge in [0.05, 0.1) is 12.8 Å². The third kappa shape index (κ3) is 6.38. The van der Waals surface area contributed by atoms with Gasteiger partial charge in [-0.25, -0.2) is 9.38 Å². The van der Waals surface area contributed by atoms with Crippen LogP contribution in [-0.2, 0) is 13.0 Å². The Morgan fingerprint density at radius 2 is 2.13 bits per heavy atom. The first-order valence-corrected chi connectivity index (χ1v) is 7.57. The van der Waals surface area contributed by atoms with Crippen molar-refractivity contribution in [3.63, 3.8) is 0 Å². The van der Waals surface area contributed by atoms with Gasteiger partial charge in [0.1, 0.15) is 11.6 Å². The standard InChI is InChI=1S/C18H22FN3O/c1-14(2)12-21-18(20-9-8-17-7-4-10-23-17)22-13-15-5-3-6-16(19)11-15/h3-7,10-11H,1,8-9,12-13H2,2H3,(H2,20,21,22). The van der Waals surface area contributed by atoms with Crippen LogP contribution in [0.15, 0.2) is 64.2 Å². The second-order valence-corrected chi connectivity index (χ2v) is 5.36. The molecule has 2 N–H and O–H groups in total. The molecule has 1 heterocycles. The molecule has 0 atom stereocenters. The summed E-state index contributed by atoms with van der Waals surface area (Å²) in [6, 6.07) is 10.3. The van der Waals surface area contributed by atoms with Crippen molar-refractivity contribution in [2.45, 2.75) is 19.9 Å².